The number of aliphatic hydroxyl groups is 1. The van der Waals surface area contributed by atoms with Gasteiger partial charge in [-0.15, -0.1) is 0 Å². The fourth-order valence-corrected chi connectivity index (χ4v) is 5.66. The molecule has 25 heavy (non-hydrogen) atoms. The average Bonchev–Trinajstić information content (AvgIpc) is 2.59. The predicted molar refractivity (Wildman–Crippen MR) is 99.7 cm³/mol. The standard InChI is InChI=1S/C19H29N2O3P/c1-15(18-9-5-8-17(10-18)11-20)21-12-19(22)14-25(23,24)13-16-6-3-2-4-7-16/h5,8-10,15-16,19,21-22H,2-4,6-7,12-14H2,1H3,(H,23,24)/t15-,19-/m1/s1. The molecule has 0 heterocycles. The first-order chi connectivity index (χ1) is 11.9. The summed E-state index contributed by atoms with van der Waals surface area (Å²) in [4.78, 5) is 10.2. The molecule has 1 unspecified atom stereocenters. The van der Waals surface area contributed by atoms with Crippen LogP contribution in [-0.4, -0.2) is 35.0 Å². The van der Waals surface area contributed by atoms with E-state index in [1.165, 1.54) is 6.42 Å². The van der Waals surface area contributed by atoms with E-state index in [-0.39, 0.29) is 18.7 Å². The van der Waals surface area contributed by atoms with Gasteiger partial charge in [-0.3, -0.25) is 4.57 Å². The Morgan fingerprint density at radius 2 is 2.08 bits per heavy atom. The van der Waals surface area contributed by atoms with Crippen LogP contribution in [0.2, 0.25) is 0 Å². The quantitative estimate of drug-likeness (QED) is 0.615. The van der Waals surface area contributed by atoms with Crippen molar-refractivity contribution >= 4 is 7.37 Å². The molecule has 1 fully saturated rings. The molecule has 1 aromatic rings. The maximum Gasteiger partial charge on any atom is 0.203 e. The molecule has 3 atom stereocenters. The molecule has 1 saturated carbocycles. The summed E-state index contributed by atoms with van der Waals surface area (Å²) in [6, 6.07) is 9.37. The van der Waals surface area contributed by atoms with Gasteiger partial charge in [0.05, 0.1) is 23.9 Å². The zero-order chi connectivity index (χ0) is 18.3. The van der Waals surface area contributed by atoms with E-state index in [0.29, 0.717) is 17.6 Å². The fraction of sp³-hybridized carbons (Fsp3) is 0.632. The van der Waals surface area contributed by atoms with Crippen LogP contribution in [0.25, 0.3) is 0 Å². The lowest BCUT2D eigenvalue weighted by molar-refractivity contribution is 0.186. The van der Waals surface area contributed by atoms with Gasteiger partial charge < -0.3 is 15.3 Å². The van der Waals surface area contributed by atoms with E-state index in [1.807, 2.05) is 25.1 Å². The maximum absolute atomic E-state index is 12.4. The molecular weight excluding hydrogens is 335 g/mol. The van der Waals surface area contributed by atoms with Crippen LogP contribution in [0.1, 0.15) is 56.2 Å². The summed E-state index contributed by atoms with van der Waals surface area (Å²) in [5.41, 5.74) is 1.56. The lowest BCUT2D eigenvalue weighted by Gasteiger charge is -2.25. The molecule has 1 aliphatic rings. The zero-order valence-electron chi connectivity index (χ0n) is 14.9. The normalized spacial score (nSPS) is 20.4. The molecule has 0 saturated heterocycles. The molecule has 0 bridgehead atoms. The van der Waals surface area contributed by atoms with Crippen molar-refractivity contribution in [2.24, 2.45) is 5.92 Å². The highest BCUT2D eigenvalue weighted by atomic mass is 31.2. The van der Waals surface area contributed by atoms with E-state index in [4.69, 9.17) is 5.26 Å². The number of hydrogen-bond donors (Lipinski definition) is 3. The van der Waals surface area contributed by atoms with Crippen LogP contribution in [-0.2, 0) is 4.57 Å². The summed E-state index contributed by atoms with van der Waals surface area (Å²) >= 11 is 0. The molecule has 0 aliphatic heterocycles. The first-order valence-corrected chi connectivity index (χ1v) is 11.1. The van der Waals surface area contributed by atoms with Crippen molar-refractivity contribution in [3.8, 4) is 6.07 Å². The molecule has 5 nitrogen and oxygen atoms in total. The summed E-state index contributed by atoms with van der Waals surface area (Å²) < 4.78 is 12.4. The summed E-state index contributed by atoms with van der Waals surface area (Å²) in [6.07, 6.45) is 5.02. The van der Waals surface area contributed by atoms with Crippen LogP contribution in [0.4, 0.5) is 0 Å². The minimum absolute atomic E-state index is 0.0422. The van der Waals surface area contributed by atoms with Gasteiger partial charge >= 0.3 is 0 Å². The molecular formula is C19H29N2O3P. The Morgan fingerprint density at radius 3 is 2.76 bits per heavy atom. The Hall–Kier alpha value is -1.18. The number of rotatable bonds is 8. The van der Waals surface area contributed by atoms with E-state index >= 15 is 0 Å². The summed E-state index contributed by atoms with van der Waals surface area (Å²) in [7, 11) is -3.29. The lowest BCUT2D eigenvalue weighted by Crippen LogP contribution is -2.32. The first kappa shape index (κ1) is 20.1. The number of nitrogens with zero attached hydrogens (tertiary/aromatic N) is 1. The van der Waals surface area contributed by atoms with Crippen LogP contribution >= 0.6 is 7.37 Å². The van der Waals surface area contributed by atoms with Crippen LogP contribution < -0.4 is 5.32 Å². The third-order valence-electron chi connectivity index (χ3n) is 4.94. The fourth-order valence-electron chi connectivity index (χ4n) is 3.55. The molecule has 138 valence electrons. The molecule has 0 spiro atoms. The van der Waals surface area contributed by atoms with Gasteiger partial charge in [0, 0.05) is 18.7 Å². The minimum Gasteiger partial charge on any atom is -0.391 e. The molecule has 0 radical (unpaired) electrons. The van der Waals surface area contributed by atoms with E-state index in [1.54, 1.807) is 6.07 Å². The second kappa shape index (κ2) is 9.50. The summed E-state index contributed by atoms with van der Waals surface area (Å²) in [5, 5.41) is 22.3. The second-order valence-electron chi connectivity index (χ2n) is 7.24. The number of nitrogens with one attached hydrogen (secondary N) is 1. The van der Waals surface area contributed by atoms with E-state index in [9.17, 15) is 14.6 Å². The van der Waals surface area contributed by atoms with Gasteiger partial charge in [-0.25, -0.2) is 0 Å². The topological polar surface area (TPSA) is 93.3 Å². The van der Waals surface area contributed by atoms with Crippen molar-refractivity contribution < 1.29 is 14.6 Å². The molecule has 2 rings (SSSR count). The smallest absolute Gasteiger partial charge is 0.203 e. The van der Waals surface area contributed by atoms with Crippen LogP contribution in [0.15, 0.2) is 24.3 Å². The van der Waals surface area contributed by atoms with Crippen molar-refractivity contribution in [1.29, 1.82) is 5.26 Å². The Kier molecular flexibility index (Phi) is 7.65. The number of benzene rings is 1. The average molecular weight is 364 g/mol. The van der Waals surface area contributed by atoms with Crippen molar-refractivity contribution in [2.75, 3.05) is 18.9 Å². The molecule has 6 heteroatoms. The van der Waals surface area contributed by atoms with Gasteiger partial charge in [-0.2, -0.15) is 5.26 Å². The predicted octanol–water partition coefficient (Wildman–Crippen LogP) is 3.42. The lowest BCUT2D eigenvalue weighted by atomic mass is 9.91. The molecule has 1 aromatic carbocycles. The van der Waals surface area contributed by atoms with Gasteiger partial charge in [0.1, 0.15) is 0 Å². The van der Waals surface area contributed by atoms with Gasteiger partial charge in [0.25, 0.3) is 0 Å². The van der Waals surface area contributed by atoms with E-state index in [2.05, 4.69) is 11.4 Å². The monoisotopic (exact) mass is 364 g/mol. The van der Waals surface area contributed by atoms with E-state index < -0.39 is 13.5 Å². The minimum atomic E-state index is -3.29. The Balaban J connectivity index is 1.79. The van der Waals surface area contributed by atoms with Gasteiger partial charge in [0.2, 0.25) is 7.37 Å². The number of nitriles is 1. The molecule has 3 N–H and O–H groups in total. The zero-order valence-corrected chi connectivity index (χ0v) is 15.8. The van der Waals surface area contributed by atoms with Crippen molar-refractivity contribution in [3.05, 3.63) is 35.4 Å². The van der Waals surface area contributed by atoms with Crippen LogP contribution in [0, 0.1) is 17.2 Å². The Labute approximate surface area is 150 Å². The van der Waals surface area contributed by atoms with Crippen molar-refractivity contribution in [3.63, 3.8) is 0 Å². The summed E-state index contributed by atoms with van der Waals surface area (Å²) in [6.45, 7) is 2.21. The van der Waals surface area contributed by atoms with Gasteiger partial charge in [-0.1, -0.05) is 31.4 Å². The first-order valence-electron chi connectivity index (χ1n) is 9.12. The maximum atomic E-state index is 12.4. The largest absolute Gasteiger partial charge is 0.391 e. The van der Waals surface area contributed by atoms with Gasteiger partial charge in [0.15, 0.2) is 0 Å². The van der Waals surface area contributed by atoms with Crippen molar-refractivity contribution in [2.45, 2.75) is 51.2 Å². The molecule has 0 amide bonds. The Morgan fingerprint density at radius 1 is 1.36 bits per heavy atom. The highest BCUT2D eigenvalue weighted by molar-refractivity contribution is 7.58. The van der Waals surface area contributed by atoms with Crippen molar-refractivity contribution in [1.82, 2.24) is 5.32 Å². The van der Waals surface area contributed by atoms with E-state index in [0.717, 1.165) is 31.2 Å². The molecule has 0 aromatic heterocycles. The SMILES string of the molecule is C[C@@H](NC[C@@H](O)CP(=O)(O)CC1CCCCC1)c1cccc(C#N)c1. The highest BCUT2D eigenvalue weighted by Gasteiger charge is 2.28. The third kappa shape index (κ3) is 6.92. The third-order valence-corrected chi connectivity index (χ3v) is 7.02. The number of aliphatic hydroxyl groups excluding tert-OH is 1. The second-order valence-corrected chi connectivity index (χ2v) is 9.66. The van der Waals surface area contributed by atoms with Crippen LogP contribution in [0.5, 0.6) is 0 Å². The Bertz CT molecular complexity index is 638. The highest BCUT2D eigenvalue weighted by Crippen LogP contribution is 2.45. The van der Waals surface area contributed by atoms with Crippen LogP contribution in [0.3, 0.4) is 0 Å². The number of hydrogen-bond acceptors (Lipinski definition) is 4. The summed E-state index contributed by atoms with van der Waals surface area (Å²) in [5.74, 6) is 0.331. The van der Waals surface area contributed by atoms with Gasteiger partial charge in [-0.05, 0) is 43.4 Å². The molecule has 1 aliphatic carbocycles.